The minimum atomic E-state index is -0.160. The molecule has 0 saturated carbocycles. The molecular weight excluding hydrogens is 353 g/mol. The number of hydrogen-bond acceptors (Lipinski definition) is 4. The highest BCUT2D eigenvalue weighted by Gasteiger charge is 2.10. The molecule has 3 rings (SSSR count). The smallest absolute Gasteiger partial charge is 0.230 e. The minimum absolute atomic E-state index is 0.160. The van der Waals surface area contributed by atoms with E-state index in [4.69, 9.17) is 23.2 Å². The maximum atomic E-state index is 12.1. The molecule has 4 nitrogen and oxygen atoms in total. The first-order chi connectivity index (χ1) is 11.1. The molecule has 0 spiro atoms. The van der Waals surface area contributed by atoms with Crippen LogP contribution in [-0.4, -0.2) is 15.9 Å². The Balaban J connectivity index is 1.69. The summed E-state index contributed by atoms with van der Waals surface area (Å²) < 4.78 is 0. The zero-order valence-corrected chi connectivity index (χ0v) is 14.1. The van der Waals surface area contributed by atoms with Crippen molar-refractivity contribution in [3.63, 3.8) is 0 Å². The van der Waals surface area contributed by atoms with E-state index in [9.17, 15) is 4.79 Å². The lowest BCUT2D eigenvalue weighted by Crippen LogP contribution is -2.14. The largest absolute Gasteiger partial charge is 0.302 e. The summed E-state index contributed by atoms with van der Waals surface area (Å²) in [7, 11) is 0. The van der Waals surface area contributed by atoms with Gasteiger partial charge in [-0.2, -0.15) is 0 Å². The molecule has 0 atom stereocenters. The number of carbonyl (C=O) groups is 1. The third-order valence-electron chi connectivity index (χ3n) is 3.08. The number of nitrogens with zero attached hydrogens (tertiary/aromatic N) is 2. The number of aromatic nitrogens is 2. The lowest BCUT2D eigenvalue weighted by molar-refractivity contribution is -0.115. The van der Waals surface area contributed by atoms with E-state index in [1.165, 1.54) is 11.3 Å². The highest BCUT2D eigenvalue weighted by molar-refractivity contribution is 7.14. The van der Waals surface area contributed by atoms with E-state index in [2.05, 4.69) is 15.3 Å². The molecule has 0 aliphatic heterocycles. The summed E-state index contributed by atoms with van der Waals surface area (Å²) in [6.07, 6.45) is 1.82. The van der Waals surface area contributed by atoms with Gasteiger partial charge < -0.3 is 5.32 Å². The number of amides is 1. The molecule has 0 saturated heterocycles. The fraction of sp³-hybridized carbons (Fsp3) is 0.0625. The average molecular weight is 364 g/mol. The van der Waals surface area contributed by atoms with Crippen LogP contribution in [-0.2, 0) is 11.2 Å². The molecule has 0 aliphatic carbocycles. The Bertz CT molecular complexity index is 851. The normalized spacial score (nSPS) is 10.5. The highest BCUT2D eigenvalue weighted by atomic mass is 35.5. The second-order valence-electron chi connectivity index (χ2n) is 4.72. The average Bonchev–Trinajstić information content (AvgIpc) is 2.98. The first kappa shape index (κ1) is 15.9. The van der Waals surface area contributed by atoms with Gasteiger partial charge in [0.2, 0.25) is 5.91 Å². The van der Waals surface area contributed by atoms with Crippen molar-refractivity contribution in [2.75, 3.05) is 5.32 Å². The highest BCUT2D eigenvalue weighted by Crippen LogP contribution is 2.26. The molecule has 1 N–H and O–H groups in total. The molecule has 0 fully saturated rings. The van der Waals surface area contributed by atoms with Gasteiger partial charge in [0, 0.05) is 22.2 Å². The fourth-order valence-electron chi connectivity index (χ4n) is 2.00. The third kappa shape index (κ3) is 4.07. The second kappa shape index (κ2) is 7.08. The molecule has 0 radical (unpaired) electrons. The molecule has 0 unspecified atom stereocenters. The monoisotopic (exact) mass is 363 g/mol. The number of thiazole rings is 1. The number of carbonyl (C=O) groups excluding carboxylic acids is 1. The van der Waals surface area contributed by atoms with Gasteiger partial charge in [-0.05, 0) is 23.8 Å². The molecule has 0 bridgehead atoms. The molecule has 3 aromatic rings. The Labute approximate surface area is 147 Å². The molecule has 23 heavy (non-hydrogen) atoms. The molecular formula is C16H11Cl2N3OS. The van der Waals surface area contributed by atoms with Crippen LogP contribution in [0.4, 0.5) is 5.13 Å². The van der Waals surface area contributed by atoms with Crippen LogP contribution in [0.2, 0.25) is 10.2 Å². The predicted molar refractivity (Wildman–Crippen MR) is 94.1 cm³/mol. The van der Waals surface area contributed by atoms with E-state index in [0.29, 0.717) is 15.3 Å². The van der Waals surface area contributed by atoms with Crippen LogP contribution < -0.4 is 5.32 Å². The van der Waals surface area contributed by atoms with Crippen molar-refractivity contribution in [3.05, 3.63) is 63.7 Å². The molecule has 2 aromatic heterocycles. The maximum absolute atomic E-state index is 12.1. The van der Waals surface area contributed by atoms with Crippen LogP contribution in [0.25, 0.3) is 11.3 Å². The van der Waals surface area contributed by atoms with E-state index in [-0.39, 0.29) is 12.3 Å². The Morgan fingerprint density at radius 1 is 1.22 bits per heavy atom. The van der Waals surface area contributed by atoms with Crippen molar-refractivity contribution in [2.45, 2.75) is 6.42 Å². The summed E-state index contributed by atoms with van der Waals surface area (Å²) in [6, 6.07) is 10.8. The molecule has 116 valence electrons. The van der Waals surface area contributed by atoms with Gasteiger partial charge in [0.15, 0.2) is 5.13 Å². The number of benzene rings is 1. The fourth-order valence-corrected chi connectivity index (χ4v) is 3.12. The minimum Gasteiger partial charge on any atom is -0.302 e. The lowest BCUT2D eigenvalue weighted by atomic mass is 10.1. The number of hydrogen-bond donors (Lipinski definition) is 1. The zero-order valence-electron chi connectivity index (χ0n) is 11.8. The number of nitrogens with one attached hydrogen (secondary N) is 1. The Morgan fingerprint density at radius 2 is 2.04 bits per heavy atom. The van der Waals surface area contributed by atoms with Gasteiger partial charge in [-0.3, -0.25) is 4.79 Å². The Morgan fingerprint density at radius 3 is 2.83 bits per heavy atom. The van der Waals surface area contributed by atoms with E-state index >= 15 is 0 Å². The predicted octanol–water partition coefficient (Wildman–Crippen LogP) is 4.69. The van der Waals surface area contributed by atoms with E-state index in [0.717, 1.165) is 16.8 Å². The van der Waals surface area contributed by atoms with Gasteiger partial charge in [0.1, 0.15) is 5.15 Å². The summed E-state index contributed by atoms with van der Waals surface area (Å²) in [5, 5.41) is 6.15. The molecule has 0 aliphatic rings. The van der Waals surface area contributed by atoms with E-state index < -0.39 is 0 Å². The van der Waals surface area contributed by atoms with Gasteiger partial charge in [-0.15, -0.1) is 11.3 Å². The molecule has 7 heteroatoms. The lowest BCUT2D eigenvalue weighted by Gasteiger charge is -2.03. The first-order valence-corrected chi connectivity index (χ1v) is 8.36. The van der Waals surface area contributed by atoms with Gasteiger partial charge in [-0.25, -0.2) is 9.97 Å². The number of rotatable bonds is 4. The summed E-state index contributed by atoms with van der Waals surface area (Å²) in [5.41, 5.74) is 2.38. The van der Waals surface area contributed by atoms with E-state index in [1.807, 2.05) is 29.6 Å². The quantitative estimate of drug-likeness (QED) is 0.683. The standard InChI is InChI=1S/C16H11Cl2N3OS/c17-12-4-2-1-3-10(12)8-15(22)21-16-20-13(9-23-16)11-5-6-19-14(18)7-11/h1-7,9H,8H2,(H,20,21,22). The summed E-state index contributed by atoms with van der Waals surface area (Å²) in [6.45, 7) is 0. The van der Waals surface area contributed by atoms with Gasteiger partial charge in [0.25, 0.3) is 0 Å². The van der Waals surface area contributed by atoms with Gasteiger partial charge in [0.05, 0.1) is 12.1 Å². The summed E-state index contributed by atoms with van der Waals surface area (Å²) in [5.74, 6) is -0.160. The Hall–Kier alpha value is -1.95. The summed E-state index contributed by atoms with van der Waals surface area (Å²) >= 11 is 13.3. The van der Waals surface area contributed by atoms with E-state index in [1.54, 1.807) is 18.3 Å². The first-order valence-electron chi connectivity index (χ1n) is 6.72. The van der Waals surface area contributed by atoms with Crippen LogP contribution >= 0.6 is 34.5 Å². The van der Waals surface area contributed by atoms with Crippen LogP contribution in [0.1, 0.15) is 5.56 Å². The van der Waals surface area contributed by atoms with Crippen LogP contribution in [0.5, 0.6) is 0 Å². The van der Waals surface area contributed by atoms with Crippen LogP contribution in [0.15, 0.2) is 48.0 Å². The van der Waals surface area contributed by atoms with Crippen LogP contribution in [0.3, 0.4) is 0 Å². The van der Waals surface area contributed by atoms with Crippen molar-refractivity contribution < 1.29 is 4.79 Å². The molecule has 2 heterocycles. The number of anilines is 1. The van der Waals surface area contributed by atoms with Crippen molar-refractivity contribution in [3.8, 4) is 11.3 Å². The Kier molecular flexibility index (Phi) is 4.91. The molecule has 1 amide bonds. The maximum Gasteiger partial charge on any atom is 0.230 e. The third-order valence-corrected chi connectivity index (χ3v) is 4.41. The van der Waals surface area contributed by atoms with Crippen molar-refractivity contribution in [2.24, 2.45) is 0 Å². The van der Waals surface area contributed by atoms with Crippen molar-refractivity contribution in [1.29, 1.82) is 0 Å². The van der Waals surface area contributed by atoms with Gasteiger partial charge in [-0.1, -0.05) is 41.4 Å². The molecule has 1 aromatic carbocycles. The van der Waals surface area contributed by atoms with Gasteiger partial charge >= 0.3 is 0 Å². The van der Waals surface area contributed by atoms with Crippen molar-refractivity contribution in [1.82, 2.24) is 9.97 Å². The zero-order chi connectivity index (χ0) is 16.2. The van der Waals surface area contributed by atoms with Crippen molar-refractivity contribution >= 4 is 45.6 Å². The SMILES string of the molecule is O=C(Cc1ccccc1Cl)Nc1nc(-c2ccnc(Cl)c2)cs1. The summed E-state index contributed by atoms with van der Waals surface area (Å²) in [4.78, 5) is 20.4. The number of pyridine rings is 1. The number of halogens is 2. The topological polar surface area (TPSA) is 54.9 Å². The second-order valence-corrected chi connectivity index (χ2v) is 6.37. The van der Waals surface area contributed by atoms with Crippen LogP contribution in [0, 0.1) is 0 Å².